The molecule has 3 N–H and O–H groups in total. The van der Waals surface area contributed by atoms with Crippen LogP contribution in [0.4, 0.5) is 0 Å². The third-order valence-electron chi connectivity index (χ3n) is 2.27. The lowest BCUT2D eigenvalue weighted by atomic mass is 10.1. The first-order valence-corrected chi connectivity index (χ1v) is 5.07. The largest absolute Gasteiger partial charge is 0.368 e. The van der Waals surface area contributed by atoms with Gasteiger partial charge in [0.2, 0.25) is 5.91 Å². The van der Waals surface area contributed by atoms with Crippen molar-refractivity contribution in [3.63, 3.8) is 0 Å². The lowest BCUT2D eigenvalue weighted by molar-refractivity contribution is -0.119. The lowest BCUT2D eigenvalue weighted by Gasteiger charge is -2.03. The van der Waals surface area contributed by atoms with Crippen LogP contribution in [0, 0.1) is 0 Å². The summed E-state index contributed by atoms with van der Waals surface area (Å²) in [6, 6.07) is -0.172. The van der Waals surface area contributed by atoms with E-state index in [1.165, 1.54) is 0 Å². The summed E-state index contributed by atoms with van der Waals surface area (Å²) in [6.45, 7) is 0.807. The molecule has 5 heteroatoms. The van der Waals surface area contributed by atoms with E-state index >= 15 is 0 Å². The predicted octanol–water partition coefficient (Wildman–Crippen LogP) is 0.0739. The summed E-state index contributed by atoms with van der Waals surface area (Å²) in [5.41, 5.74) is 5.19. The minimum atomic E-state index is -0.265. The van der Waals surface area contributed by atoms with Crippen LogP contribution in [0.25, 0.3) is 0 Å². The second-order valence-electron chi connectivity index (χ2n) is 3.17. The summed E-state index contributed by atoms with van der Waals surface area (Å²) in [7, 11) is 0. The van der Waals surface area contributed by atoms with Gasteiger partial charge in [-0.1, -0.05) is 0 Å². The lowest BCUT2D eigenvalue weighted by Crippen LogP contribution is -2.36. The number of hydrogen-bond donors (Lipinski definition) is 2. The summed E-state index contributed by atoms with van der Waals surface area (Å²) < 4.78 is 0. The van der Waals surface area contributed by atoms with E-state index in [4.69, 9.17) is 5.73 Å². The van der Waals surface area contributed by atoms with Crippen molar-refractivity contribution in [2.45, 2.75) is 18.4 Å². The number of aromatic nitrogens is 1. The molecule has 0 aromatic carbocycles. The average molecular weight is 197 g/mol. The first-order valence-electron chi connectivity index (χ1n) is 4.19. The molecule has 1 aliphatic heterocycles. The minimum absolute atomic E-state index is 0.172. The highest BCUT2D eigenvalue weighted by Crippen LogP contribution is 2.26. The molecule has 2 heterocycles. The van der Waals surface area contributed by atoms with Crippen LogP contribution in [-0.2, 0) is 4.79 Å². The van der Waals surface area contributed by atoms with E-state index in [9.17, 15) is 4.79 Å². The van der Waals surface area contributed by atoms with Gasteiger partial charge in [-0.3, -0.25) is 4.79 Å². The van der Waals surface area contributed by atoms with E-state index in [1.807, 2.05) is 5.38 Å². The molecule has 0 bridgehead atoms. The zero-order valence-corrected chi connectivity index (χ0v) is 7.88. The Morgan fingerprint density at radius 2 is 2.62 bits per heavy atom. The second kappa shape index (κ2) is 3.43. The van der Waals surface area contributed by atoms with Gasteiger partial charge in [-0.25, -0.2) is 4.98 Å². The standard InChI is InChI=1S/C8H11N3OS/c9-7(12)6-3-5(4-11-6)8-10-1-2-13-8/h1-2,5-6,11H,3-4H2,(H2,9,12). The Labute approximate surface area is 80.2 Å². The summed E-state index contributed by atoms with van der Waals surface area (Å²) >= 11 is 1.63. The highest BCUT2D eigenvalue weighted by molar-refractivity contribution is 7.09. The molecule has 0 spiro atoms. The number of thiazole rings is 1. The molecule has 2 unspecified atom stereocenters. The summed E-state index contributed by atoms with van der Waals surface area (Å²) in [4.78, 5) is 15.1. The van der Waals surface area contributed by atoms with Gasteiger partial charge in [0, 0.05) is 24.0 Å². The van der Waals surface area contributed by atoms with Crippen LogP contribution in [0.2, 0.25) is 0 Å². The van der Waals surface area contributed by atoms with Crippen LogP contribution in [0.1, 0.15) is 17.3 Å². The van der Waals surface area contributed by atoms with Gasteiger partial charge < -0.3 is 11.1 Å². The molecule has 1 fully saturated rings. The van der Waals surface area contributed by atoms with E-state index in [-0.39, 0.29) is 11.9 Å². The third kappa shape index (κ3) is 1.71. The quantitative estimate of drug-likeness (QED) is 0.705. The zero-order chi connectivity index (χ0) is 9.26. The van der Waals surface area contributed by atoms with Gasteiger partial charge in [-0.2, -0.15) is 0 Å². The molecule has 0 radical (unpaired) electrons. The molecule has 1 saturated heterocycles. The number of nitrogens with zero attached hydrogens (tertiary/aromatic N) is 1. The molecule has 0 aliphatic carbocycles. The van der Waals surface area contributed by atoms with Crippen molar-refractivity contribution in [1.29, 1.82) is 0 Å². The van der Waals surface area contributed by atoms with Gasteiger partial charge in [-0.05, 0) is 6.42 Å². The highest BCUT2D eigenvalue weighted by Gasteiger charge is 2.29. The highest BCUT2D eigenvalue weighted by atomic mass is 32.1. The zero-order valence-electron chi connectivity index (χ0n) is 7.06. The monoisotopic (exact) mass is 197 g/mol. The van der Waals surface area contributed by atoms with E-state index in [0.717, 1.165) is 18.0 Å². The van der Waals surface area contributed by atoms with Crippen LogP contribution in [-0.4, -0.2) is 23.5 Å². The summed E-state index contributed by atoms with van der Waals surface area (Å²) in [5.74, 6) is 0.0940. The van der Waals surface area contributed by atoms with Crippen LogP contribution in [0.3, 0.4) is 0 Å². The molecule has 2 atom stereocenters. The fraction of sp³-hybridized carbons (Fsp3) is 0.500. The maximum atomic E-state index is 10.9. The van der Waals surface area contributed by atoms with Crippen molar-refractivity contribution in [2.75, 3.05) is 6.54 Å². The average Bonchev–Trinajstić information content (AvgIpc) is 2.75. The van der Waals surface area contributed by atoms with Crippen molar-refractivity contribution in [3.8, 4) is 0 Å². The number of nitrogens with two attached hydrogens (primary N) is 1. The van der Waals surface area contributed by atoms with Gasteiger partial charge in [0.15, 0.2) is 0 Å². The van der Waals surface area contributed by atoms with E-state index < -0.39 is 0 Å². The summed E-state index contributed by atoms with van der Waals surface area (Å²) in [5, 5.41) is 6.13. The van der Waals surface area contributed by atoms with Crippen molar-refractivity contribution in [3.05, 3.63) is 16.6 Å². The molecule has 1 aliphatic rings. The fourth-order valence-corrected chi connectivity index (χ4v) is 2.33. The van der Waals surface area contributed by atoms with E-state index in [1.54, 1.807) is 17.5 Å². The second-order valence-corrected chi connectivity index (χ2v) is 4.09. The molecular weight excluding hydrogens is 186 g/mol. The molecule has 2 rings (SSSR count). The van der Waals surface area contributed by atoms with Gasteiger partial charge in [0.1, 0.15) is 0 Å². The number of carbonyl (C=O) groups is 1. The van der Waals surface area contributed by atoms with Crippen LogP contribution >= 0.6 is 11.3 Å². The topological polar surface area (TPSA) is 68.0 Å². The molecule has 1 aromatic rings. The number of amides is 1. The van der Waals surface area contributed by atoms with Gasteiger partial charge in [0.05, 0.1) is 11.0 Å². The number of nitrogens with one attached hydrogen (secondary N) is 1. The van der Waals surface area contributed by atoms with Gasteiger partial charge in [-0.15, -0.1) is 11.3 Å². The Bertz CT molecular complexity index is 298. The maximum Gasteiger partial charge on any atom is 0.234 e. The van der Waals surface area contributed by atoms with Crippen molar-refractivity contribution >= 4 is 17.2 Å². The Balaban J connectivity index is 2.03. The van der Waals surface area contributed by atoms with Crippen LogP contribution in [0.5, 0.6) is 0 Å². The number of primary amides is 1. The number of rotatable bonds is 2. The van der Waals surface area contributed by atoms with Crippen LogP contribution in [0.15, 0.2) is 11.6 Å². The van der Waals surface area contributed by atoms with E-state index in [0.29, 0.717) is 5.92 Å². The first-order chi connectivity index (χ1) is 6.27. The Kier molecular flexibility index (Phi) is 2.28. The Morgan fingerprint density at radius 3 is 3.15 bits per heavy atom. The van der Waals surface area contributed by atoms with Crippen LogP contribution < -0.4 is 11.1 Å². The van der Waals surface area contributed by atoms with Gasteiger partial charge >= 0.3 is 0 Å². The normalized spacial score (nSPS) is 27.7. The fourth-order valence-electron chi connectivity index (χ4n) is 1.58. The predicted molar refractivity (Wildman–Crippen MR) is 50.5 cm³/mol. The third-order valence-corrected chi connectivity index (χ3v) is 3.21. The molecule has 70 valence electrons. The molecule has 4 nitrogen and oxygen atoms in total. The summed E-state index contributed by atoms with van der Waals surface area (Å²) in [6.07, 6.45) is 2.57. The minimum Gasteiger partial charge on any atom is -0.368 e. The molecular formula is C8H11N3OS. The Morgan fingerprint density at radius 1 is 1.77 bits per heavy atom. The smallest absolute Gasteiger partial charge is 0.234 e. The molecule has 0 saturated carbocycles. The van der Waals surface area contributed by atoms with Gasteiger partial charge in [0.25, 0.3) is 0 Å². The van der Waals surface area contributed by atoms with E-state index in [2.05, 4.69) is 10.3 Å². The number of carbonyl (C=O) groups excluding carboxylic acids is 1. The number of hydrogen-bond acceptors (Lipinski definition) is 4. The molecule has 13 heavy (non-hydrogen) atoms. The van der Waals surface area contributed by atoms with Crippen molar-refractivity contribution in [2.24, 2.45) is 5.73 Å². The maximum absolute atomic E-state index is 10.9. The first kappa shape index (κ1) is 8.65. The Hall–Kier alpha value is -0.940. The SMILES string of the molecule is NC(=O)C1CC(c2nccs2)CN1. The van der Waals surface area contributed by atoms with Crippen molar-refractivity contribution < 1.29 is 4.79 Å². The molecule has 1 aromatic heterocycles. The molecule has 1 amide bonds. The van der Waals surface area contributed by atoms with Crippen molar-refractivity contribution in [1.82, 2.24) is 10.3 Å².